The van der Waals surface area contributed by atoms with Gasteiger partial charge in [-0.25, -0.2) is 9.18 Å². The van der Waals surface area contributed by atoms with Crippen molar-refractivity contribution in [1.29, 1.82) is 0 Å². The first-order valence-electron chi connectivity index (χ1n) is 10.6. The van der Waals surface area contributed by atoms with Gasteiger partial charge in [0.15, 0.2) is 11.6 Å². The Kier molecular flexibility index (Phi) is 8.14. The maximum atomic E-state index is 14.3. The molecule has 13 heteroatoms. The molecule has 3 aromatic rings. The summed E-state index contributed by atoms with van der Waals surface area (Å²) in [4.78, 5) is 22.2. The minimum atomic E-state index is -5.08. The molecule has 1 saturated heterocycles. The summed E-state index contributed by atoms with van der Waals surface area (Å²) in [5, 5.41) is 27.8. The lowest BCUT2D eigenvalue weighted by atomic mass is 9.99. The molecule has 4 N–H and O–H groups in total. The van der Waals surface area contributed by atoms with Crippen molar-refractivity contribution in [2.45, 2.75) is 13.1 Å². The summed E-state index contributed by atoms with van der Waals surface area (Å²) in [6.07, 6.45) is -5.08. The molecule has 1 aliphatic heterocycles. The first-order chi connectivity index (χ1) is 17.0. The van der Waals surface area contributed by atoms with E-state index in [0.717, 1.165) is 32.0 Å². The number of carbonyl (C=O) groups is 2. The number of halogens is 4. The molecule has 0 aliphatic carbocycles. The van der Waals surface area contributed by atoms with E-state index in [0.29, 0.717) is 22.5 Å². The molecular formula is C23H22F4N4O5. The fraction of sp³-hybridized carbons (Fsp3) is 0.261. The number of aliphatic carboxylic acids is 1. The second-order valence-electron chi connectivity index (χ2n) is 7.67. The van der Waals surface area contributed by atoms with Crippen LogP contribution in [0.2, 0.25) is 0 Å². The van der Waals surface area contributed by atoms with Crippen molar-refractivity contribution in [2.75, 3.05) is 36.4 Å². The van der Waals surface area contributed by atoms with Gasteiger partial charge in [-0.1, -0.05) is 23.4 Å². The molecular weight excluding hydrogens is 488 g/mol. The van der Waals surface area contributed by atoms with Crippen molar-refractivity contribution in [2.24, 2.45) is 0 Å². The van der Waals surface area contributed by atoms with Crippen molar-refractivity contribution >= 4 is 23.4 Å². The number of carbonyl (C=O) groups excluding carboxylic acids is 1. The number of anilines is 2. The van der Waals surface area contributed by atoms with Crippen molar-refractivity contribution in [3.8, 4) is 28.2 Å². The zero-order chi connectivity index (χ0) is 26.5. The maximum absolute atomic E-state index is 14.3. The third-order valence-electron chi connectivity index (χ3n) is 5.07. The van der Waals surface area contributed by atoms with Crippen LogP contribution in [0.1, 0.15) is 6.92 Å². The number of aromatic nitrogens is 1. The fourth-order valence-corrected chi connectivity index (χ4v) is 3.38. The third kappa shape index (κ3) is 6.50. The number of phenols is 1. The summed E-state index contributed by atoms with van der Waals surface area (Å²) in [5.74, 6) is -2.56. The van der Waals surface area contributed by atoms with Crippen LogP contribution in [-0.4, -0.2) is 59.6 Å². The average Bonchev–Trinajstić information content (AvgIpc) is 3.31. The number of carboxylic acid groups (broad SMARTS) is 1. The number of aromatic hydroxyl groups is 1. The van der Waals surface area contributed by atoms with Gasteiger partial charge in [-0.15, -0.1) is 0 Å². The zero-order valence-corrected chi connectivity index (χ0v) is 18.9. The predicted molar refractivity (Wildman–Crippen MR) is 122 cm³/mol. The van der Waals surface area contributed by atoms with Crippen LogP contribution in [-0.2, 0) is 9.59 Å². The number of carboxylic acids is 1. The van der Waals surface area contributed by atoms with Crippen LogP contribution in [0.4, 0.5) is 29.1 Å². The molecule has 2 aromatic carbocycles. The van der Waals surface area contributed by atoms with Crippen LogP contribution in [0, 0.1) is 5.82 Å². The number of nitrogens with one attached hydrogen (secondary N) is 2. The molecule has 2 heterocycles. The van der Waals surface area contributed by atoms with Crippen molar-refractivity contribution in [3.63, 3.8) is 0 Å². The quantitative estimate of drug-likeness (QED) is 0.390. The number of piperazine rings is 1. The minimum Gasteiger partial charge on any atom is -0.507 e. The highest BCUT2D eigenvalue weighted by atomic mass is 19.4. The molecule has 1 amide bonds. The second kappa shape index (κ2) is 11.1. The Labute approximate surface area is 202 Å². The fourth-order valence-electron chi connectivity index (χ4n) is 3.38. The van der Waals surface area contributed by atoms with Gasteiger partial charge in [0, 0.05) is 44.7 Å². The Bertz CT molecular complexity index is 1240. The van der Waals surface area contributed by atoms with Crippen molar-refractivity contribution in [3.05, 3.63) is 48.3 Å². The largest absolute Gasteiger partial charge is 0.507 e. The Morgan fingerprint density at radius 3 is 2.33 bits per heavy atom. The number of rotatable bonds is 4. The molecule has 0 spiro atoms. The van der Waals surface area contributed by atoms with Gasteiger partial charge in [-0.05, 0) is 23.8 Å². The number of para-hydroxylation sites is 1. The van der Waals surface area contributed by atoms with E-state index >= 15 is 0 Å². The number of hydrogen-bond acceptors (Lipinski definition) is 7. The molecule has 9 nitrogen and oxygen atoms in total. The smallest absolute Gasteiger partial charge is 0.490 e. The molecule has 1 aliphatic rings. The topological polar surface area (TPSA) is 128 Å². The molecule has 0 saturated carbocycles. The van der Waals surface area contributed by atoms with Crippen LogP contribution in [0.15, 0.2) is 47.0 Å². The van der Waals surface area contributed by atoms with E-state index in [1.54, 1.807) is 30.3 Å². The first-order valence-corrected chi connectivity index (χ1v) is 10.6. The Morgan fingerprint density at radius 2 is 1.75 bits per heavy atom. The normalized spacial score (nSPS) is 13.5. The van der Waals surface area contributed by atoms with E-state index in [2.05, 4.69) is 20.7 Å². The molecule has 0 unspecified atom stereocenters. The standard InChI is InChI=1S/C21H21FN4O3.C2HF3O2/c1-13(27)24-18-6-5-14(11-17(18)22)15-3-2-4-16(21(15)28)19-12-20(25-29-19)26-9-7-23-8-10-26;3-2(4,5)1(6)7/h2-6,11-12,23,28H,7-10H2,1H3,(H,24,27);(H,6,7). The summed E-state index contributed by atoms with van der Waals surface area (Å²) in [7, 11) is 0. The number of nitrogens with zero attached hydrogens (tertiary/aromatic N) is 2. The highest BCUT2D eigenvalue weighted by Gasteiger charge is 2.38. The van der Waals surface area contributed by atoms with Gasteiger partial charge in [0.05, 0.1) is 11.3 Å². The lowest BCUT2D eigenvalue weighted by Crippen LogP contribution is -2.43. The summed E-state index contributed by atoms with van der Waals surface area (Å²) < 4.78 is 51.5. The molecule has 4 rings (SSSR count). The summed E-state index contributed by atoms with van der Waals surface area (Å²) in [5.41, 5.74) is 1.50. The van der Waals surface area contributed by atoms with Crippen molar-refractivity contribution in [1.82, 2.24) is 10.5 Å². The lowest BCUT2D eigenvalue weighted by molar-refractivity contribution is -0.192. The molecule has 36 heavy (non-hydrogen) atoms. The van der Waals surface area contributed by atoms with Gasteiger partial charge in [-0.3, -0.25) is 4.79 Å². The molecule has 0 atom stereocenters. The van der Waals surface area contributed by atoms with Gasteiger partial charge in [-0.2, -0.15) is 13.2 Å². The summed E-state index contributed by atoms with van der Waals surface area (Å²) >= 11 is 0. The van der Waals surface area contributed by atoms with Gasteiger partial charge in [0.1, 0.15) is 11.6 Å². The summed E-state index contributed by atoms with van der Waals surface area (Å²) in [6, 6.07) is 11.4. The number of benzene rings is 2. The van der Waals surface area contributed by atoms with Crippen LogP contribution in [0.3, 0.4) is 0 Å². The molecule has 192 valence electrons. The number of hydrogen-bond donors (Lipinski definition) is 4. The second-order valence-corrected chi connectivity index (χ2v) is 7.67. The third-order valence-corrected chi connectivity index (χ3v) is 5.07. The number of phenolic OH excluding ortho intramolecular Hbond substituents is 1. The van der Waals surface area contributed by atoms with E-state index in [9.17, 15) is 27.5 Å². The van der Waals surface area contributed by atoms with Crippen molar-refractivity contribution < 1.29 is 41.9 Å². The molecule has 1 aromatic heterocycles. The maximum Gasteiger partial charge on any atom is 0.490 e. The monoisotopic (exact) mass is 510 g/mol. The van der Waals surface area contributed by atoms with E-state index in [4.69, 9.17) is 14.4 Å². The van der Waals surface area contributed by atoms with Gasteiger partial charge in [0.2, 0.25) is 5.91 Å². The molecule has 0 bridgehead atoms. The highest BCUT2D eigenvalue weighted by molar-refractivity contribution is 5.89. The van der Waals surface area contributed by atoms with Gasteiger partial charge >= 0.3 is 12.1 Å². The Morgan fingerprint density at radius 1 is 1.11 bits per heavy atom. The number of amides is 1. The van der Waals surface area contributed by atoms with E-state index < -0.39 is 18.0 Å². The highest BCUT2D eigenvalue weighted by Crippen LogP contribution is 2.39. The SMILES string of the molecule is CC(=O)Nc1ccc(-c2cccc(-c3cc(N4CCNCC4)no3)c2O)cc1F.O=C(O)C(F)(F)F. The van der Waals surface area contributed by atoms with Crippen LogP contribution in [0.5, 0.6) is 5.75 Å². The number of alkyl halides is 3. The average molecular weight is 510 g/mol. The molecule has 1 fully saturated rings. The molecule has 0 radical (unpaired) electrons. The van der Waals surface area contributed by atoms with Gasteiger partial charge < -0.3 is 30.3 Å². The van der Waals surface area contributed by atoms with E-state index in [1.165, 1.54) is 19.1 Å². The first kappa shape index (κ1) is 26.5. The van der Waals surface area contributed by atoms with Crippen LogP contribution < -0.4 is 15.5 Å². The van der Waals surface area contributed by atoms with Gasteiger partial charge in [0.25, 0.3) is 0 Å². The van der Waals surface area contributed by atoms with Crippen LogP contribution >= 0.6 is 0 Å². The Hall–Kier alpha value is -4.13. The zero-order valence-electron chi connectivity index (χ0n) is 18.9. The lowest BCUT2D eigenvalue weighted by Gasteiger charge is -2.26. The predicted octanol–water partition coefficient (Wildman–Crippen LogP) is 3.85. The van der Waals surface area contributed by atoms with E-state index in [-0.39, 0.29) is 17.3 Å². The van der Waals surface area contributed by atoms with E-state index in [1.807, 2.05) is 0 Å². The summed E-state index contributed by atoms with van der Waals surface area (Å²) in [6.45, 7) is 4.73. The van der Waals surface area contributed by atoms with Crippen LogP contribution in [0.25, 0.3) is 22.5 Å². The Balaban J connectivity index is 0.000000454. The minimum absolute atomic E-state index is 0.0258.